The highest BCUT2D eigenvalue weighted by Crippen LogP contribution is 2.21. The third-order valence-corrected chi connectivity index (χ3v) is 3.56. The molecule has 1 N–H and O–H groups in total. The van der Waals surface area contributed by atoms with E-state index in [9.17, 15) is 0 Å². The summed E-state index contributed by atoms with van der Waals surface area (Å²) in [5.41, 5.74) is 3.10. The highest BCUT2D eigenvalue weighted by Gasteiger charge is 2.05. The van der Waals surface area contributed by atoms with E-state index in [2.05, 4.69) is 9.55 Å². The van der Waals surface area contributed by atoms with Gasteiger partial charge in [0.05, 0.1) is 11.6 Å². The number of benzene rings is 1. The van der Waals surface area contributed by atoms with Gasteiger partial charge in [-0.05, 0) is 40.8 Å². The molecule has 0 fully saturated rings. The Bertz CT molecular complexity index is 721. The standard InChI is InChI=1S/C15H13ClN2O/c16-14-8-17-5-3-13(14)9-18-6-4-12-7-11(10-19)1-2-15(12)18/h1-8,19H,9-10H2. The SMILES string of the molecule is OCc1ccc2c(ccn2Cc2ccncc2Cl)c1. The maximum absolute atomic E-state index is 9.14. The van der Waals surface area contributed by atoms with Gasteiger partial charge in [0.15, 0.2) is 0 Å². The van der Waals surface area contributed by atoms with E-state index in [0.717, 1.165) is 22.0 Å². The minimum atomic E-state index is 0.0668. The van der Waals surface area contributed by atoms with Crippen molar-refractivity contribution in [3.05, 3.63) is 65.1 Å². The zero-order chi connectivity index (χ0) is 13.2. The average Bonchev–Trinajstić information content (AvgIpc) is 2.83. The van der Waals surface area contributed by atoms with E-state index in [4.69, 9.17) is 16.7 Å². The molecule has 2 aromatic heterocycles. The summed E-state index contributed by atoms with van der Waals surface area (Å²) in [7, 11) is 0. The second-order valence-electron chi connectivity index (χ2n) is 4.46. The molecule has 0 radical (unpaired) electrons. The van der Waals surface area contributed by atoms with Crippen LogP contribution < -0.4 is 0 Å². The number of nitrogens with zero attached hydrogens (tertiary/aromatic N) is 2. The highest BCUT2D eigenvalue weighted by atomic mass is 35.5. The highest BCUT2D eigenvalue weighted by molar-refractivity contribution is 6.31. The second-order valence-corrected chi connectivity index (χ2v) is 4.87. The Kier molecular flexibility index (Phi) is 3.23. The van der Waals surface area contributed by atoms with Gasteiger partial charge < -0.3 is 9.67 Å². The van der Waals surface area contributed by atoms with Crippen molar-refractivity contribution in [2.75, 3.05) is 0 Å². The molecule has 0 bridgehead atoms. The van der Waals surface area contributed by atoms with Gasteiger partial charge in [0.2, 0.25) is 0 Å². The first-order chi connectivity index (χ1) is 9.28. The zero-order valence-corrected chi connectivity index (χ0v) is 11.0. The molecule has 19 heavy (non-hydrogen) atoms. The lowest BCUT2D eigenvalue weighted by Crippen LogP contribution is -1.99. The first-order valence-corrected chi connectivity index (χ1v) is 6.43. The monoisotopic (exact) mass is 272 g/mol. The predicted octanol–water partition coefficient (Wildman–Crippen LogP) is 3.23. The van der Waals surface area contributed by atoms with Crippen molar-refractivity contribution in [1.82, 2.24) is 9.55 Å². The first-order valence-electron chi connectivity index (χ1n) is 6.05. The minimum Gasteiger partial charge on any atom is -0.392 e. The number of halogens is 1. The first kappa shape index (κ1) is 12.2. The average molecular weight is 273 g/mol. The summed E-state index contributed by atoms with van der Waals surface area (Å²) in [4.78, 5) is 3.99. The fourth-order valence-corrected chi connectivity index (χ4v) is 2.38. The fraction of sp³-hybridized carbons (Fsp3) is 0.133. The van der Waals surface area contributed by atoms with Gasteiger partial charge in [-0.15, -0.1) is 0 Å². The van der Waals surface area contributed by atoms with Crippen LogP contribution >= 0.6 is 11.6 Å². The summed E-state index contributed by atoms with van der Waals surface area (Å²) in [6, 6.07) is 9.93. The Morgan fingerprint density at radius 2 is 2.11 bits per heavy atom. The van der Waals surface area contributed by atoms with E-state index in [0.29, 0.717) is 11.6 Å². The Balaban J connectivity index is 2.00. The predicted molar refractivity (Wildman–Crippen MR) is 76.2 cm³/mol. The van der Waals surface area contributed by atoms with Gasteiger partial charge in [-0.25, -0.2) is 0 Å². The molecule has 0 aliphatic heterocycles. The lowest BCUT2D eigenvalue weighted by molar-refractivity contribution is 0.282. The molecule has 0 aliphatic carbocycles. The van der Waals surface area contributed by atoms with E-state index in [1.807, 2.05) is 36.5 Å². The van der Waals surface area contributed by atoms with Gasteiger partial charge in [-0.1, -0.05) is 17.7 Å². The zero-order valence-electron chi connectivity index (χ0n) is 10.3. The molecule has 1 aromatic carbocycles. The smallest absolute Gasteiger partial charge is 0.0682 e. The maximum Gasteiger partial charge on any atom is 0.0682 e. The van der Waals surface area contributed by atoms with Crippen LogP contribution in [0.4, 0.5) is 0 Å². The lowest BCUT2D eigenvalue weighted by atomic mass is 10.1. The van der Waals surface area contributed by atoms with Crippen molar-refractivity contribution in [2.24, 2.45) is 0 Å². The summed E-state index contributed by atoms with van der Waals surface area (Å²) in [6.45, 7) is 0.778. The molecular formula is C15H13ClN2O. The number of aromatic nitrogens is 2. The van der Waals surface area contributed by atoms with Gasteiger partial charge in [0.25, 0.3) is 0 Å². The molecule has 3 aromatic rings. The number of rotatable bonds is 3. The molecule has 0 saturated carbocycles. The molecule has 3 rings (SSSR count). The van der Waals surface area contributed by atoms with Crippen molar-refractivity contribution in [1.29, 1.82) is 0 Å². The van der Waals surface area contributed by atoms with E-state index in [-0.39, 0.29) is 6.61 Å². The Morgan fingerprint density at radius 1 is 1.21 bits per heavy atom. The topological polar surface area (TPSA) is 38.0 Å². The van der Waals surface area contributed by atoms with Crippen molar-refractivity contribution >= 4 is 22.5 Å². The Labute approximate surface area is 116 Å². The quantitative estimate of drug-likeness (QED) is 0.795. The van der Waals surface area contributed by atoms with E-state index < -0.39 is 0 Å². The summed E-state index contributed by atoms with van der Waals surface area (Å²) in [5, 5.41) is 10.9. The van der Waals surface area contributed by atoms with Crippen LogP contribution in [0, 0.1) is 0 Å². The van der Waals surface area contributed by atoms with Crippen LogP contribution in [-0.2, 0) is 13.2 Å². The molecule has 0 unspecified atom stereocenters. The van der Waals surface area contributed by atoms with Crippen molar-refractivity contribution < 1.29 is 5.11 Å². The molecule has 3 nitrogen and oxygen atoms in total. The molecule has 96 valence electrons. The molecule has 0 saturated heterocycles. The number of pyridine rings is 1. The molecule has 0 amide bonds. The third kappa shape index (κ3) is 2.35. The summed E-state index contributed by atoms with van der Waals surface area (Å²) in [5.74, 6) is 0. The molecule has 0 spiro atoms. The number of aliphatic hydroxyl groups is 1. The van der Waals surface area contributed by atoms with Crippen molar-refractivity contribution in [2.45, 2.75) is 13.2 Å². The minimum absolute atomic E-state index is 0.0668. The van der Waals surface area contributed by atoms with E-state index >= 15 is 0 Å². The van der Waals surface area contributed by atoms with Crippen LogP contribution in [0.3, 0.4) is 0 Å². The summed E-state index contributed by atoms with van der Waals surface area (Å²) >= 11 is 6.13. The second kappa shape index (κ2) is 5.03. The summed E-state index contributed by atoms with van der Waals surface area (Å²) < 4.78 is 2.14. The van der Waals surface area contributed by atoms with Crippen LogP contribution in [0.2, 0.25) is 5.02 Å². The van der Waals surface area contributed by atoms with Crippen LogP contribution in [0.5, 0.6) is 0 Å². The molecule has 2 heterocycles. The largest absolute Gasteiger partial charge is 0.392 e. The van der Waals surface area contributed by atoms with Gasteiger partial charge in [0.1, 0.15) is 0 Å². The van der Waals surface area contributed by atoms with Gasteiger partial charge in [-0.2, -0.15) is 0 Å². The Hall–Kier alpha value is -1.84. The molecule has 4 heteroatoms. The fourth-order valence-electron chi connectivity index (χ4n) is 2.20. The molecule has 0 atom stereocenters. The van der Waals surface area contributed by atoms with E-state index in [1.54, 1.807) is 12.4 Å². The maximum atomic E-state index is 9.14. The normalized spacial score (nSPS) is 11.1. The van der Waals surface area contributed by atoms with Crippen molar-refractivity contribution in [3.8, 4) is 0 Å². The number of fused-ring (bicyclic) bond motifs is 1. The molecule has 0 aliphatic rings. The van der Waals surface area contributed by atoms with Crippen LogP contribution in [0.25, 0.3) is 10.9 Å². The van der Waals surface area contributed by atoms with Gasteiger partial charge in [0, 0.05) is 30.7 Å². The summed E-state index contributed by atoms with van der Waals surface area (Å²) in [6.07, 6.45) is 5.44. The van der Waals surface area contributed by atoms with Crippen LogP contribution in [0.1, 0.15) is 11.1 Å². The number of aliphatic hydroxyl groups excluding tert-OH is 1. The van der Waals surface area contributed by atoms with Crippen LogP contribution in [0.15, 0.2) is 48.9 Å². The molecular weight excluding hydrogens is 260 g/mol. The third-order valence-electron chi connectivity index (χ3n) is 3.22. The number of hydrogen-bond donors (Lipinski definition) is 1. The van der Waals surface area contributed by atoms with Gasteiger partial charge in [-0.3, -0.25) is 4.98 Å². The van der Waals surface area contributed by atoms with Crippen LogP contribution in [-0.4, -0.2) is 14.7 Å². The van der Waals surface area contributed by atoms with E-state index in [1.165, 1.54) is 0 Å². The Morgan fingerprint density at radius 3 is 2.89 bits per heavy atom. The van der Waals surface area contributed by atoms with Crippen molar-refractivity contribution in [3.63, 3.8) is 0 Å². The number of hydrogen-bond acceptors (Lipinski definition) is 2. The lowest BCUT2D eigenvalue weighted by Gasteiger charge is -2.07. The van der Waals surface area contributed by atoms with Gasteiger partial charge >= 0.3 is 0 Å².